The highest BCUT2D eigenvalue weighted by Crippen LogP contribution is 2.16. The number of unbranched alkanes of at least 4 members (excludes halogenated alkanes) is 4. The molecule has 0 aliphatic heterocycles. The molecule has 6 N–H and O–H groups in total. The molecule has 0 rings (SSSR count). The Bertz CT molecular complexity index is 141. The highest BCUT2D eigenvalue weighted by molar-refractivity contribution is 4.49. The Morgan fingerprint density at radius 3 is 0.739 bits per heavy atom. The maximum absolute atomic E-state index is 2.33. The number of nitrogens with zero attached hydrogens (tertiary/aromatic N) is 1. The van der Waals surface area contributed by atoms with E-state index in [9.17, 15) is 0 Å². The average Bonchev–Trinajstić information content (AvgIpc) is 2.37. The molecule has 0 aliphatic rings. The molecule has 0 atom stereocenters. The maximum Gasteiger partial charge on any atom is 0.0786 e. The van der Waals surface area contributed by atoms with Crippen LogP contribution in [0.5, 0.6) is 0 Å². The SMILES string of the molecule is CCCC[N+](CCCC)(CCCC)CCCC.F.F.F.O.O.O. The second kappa shape index (κ2) is 29.6. The largest absolute Gasteiger partial charge is 0.412 e. The highest BCUT2D eigenvalue weighted by atomic mass is 19.0. The molecule has 0 saturated heterocycles. The lowest BCUT2D eigenvalue weighted by atomic mass is 10.1. The molecule has 152 valence electrons. The van der Waals surface area contributed by atoms with Crippen LogP contribution < -0.4 is 0 Å². The van der Waals surface area contributed by atoms with Crippen LogP contribution in [0.3, 0.4) is 0 Å². The second-order valence-electron chi connectivity index (χ2n) is 5.65. The van der Waals surface area contributed by atoms with Gasteiger partial charge in [0.2, 0.25) is 0 Å². The van der Waals surface area contributed by atoms with Crippen molar-refractivity contribution >= 4 is 0 Å². The van der Waals surface area contributed by atoms with Crippen molar-refractivity contribution in [1.29, 1.82) is 0 Å². The molecule has 7 heteroatoms. The Kier molecular flexibility index (Phi) is 55.8. The summed E-state index contributed by atoms with van der Waals surface area (Å²) < 4.78 is 1.42. The van der Waals surface area contributed by atoms with E-state index in [-0.39, 0.29) is 30.5 Å². The molecule has 0 heterocycles. The summed E-state index contributed by atoms with van der Waals surface area (Å²) in [6, 6.07) is 0. The summed E-state index contributed by atoms with van der Waals surface area (Å²) >= 11 is 0. The minimum atomic E-state index is 0. The van der Waals surface area contributed by atoms with E-state index in [0.29, 0.717) is 0 Å². The molecule has 0 aromatic heterocycles. The topological polar surface area (TPSA) is 94.5 Å². The van der Waals surface area contributed by atoms with Gasteiger partial charge in [-0.2, -0.15) is 0 Å². The summed E-state index contributed by atoms with van der Waals surface area (Å²) in [5.41, 5.74) is 0. The van der Waals surface area contributed by atoms with Crippen LogP contribution in [0, 0.1) is 0 Å². The molecule has 0 aromatic carbocycles. The third-order valence-corrected chi connectivity index (χ3v) is 3.94. The molecule has 0 fully saturated rings. The lowest BCUT2D eigenvalue weighted by Gasteiger charge is -2.39. The van der Waals surface area contributed by atoms with Gasteiger partial charge in [-0.25, -0.2) is 0 Å². The first-order valence-corrected chi connectivity index (χ1v) is 8.09. The molecule has 0 aromatic rings. The van der Waals surface area contributed by atoms with Gasteiger partial charge in [0.1, 0.15) is 0 Å². The molecule has 0 radical (unpaired) electrons. The van der Waals surface area contributed by atoms with Crippen molar-refractivity contribution in [2.45, 2.75) is 79.1 Å². The number of hydrogen-bond acceptors (Lipinski definition) is 0. The Labute approximate surface area is 141 Å². The van der Waals surface area contributed by atoms with Crippen molar-refractivity contribution in [2.24, 2.45) is 0 Å². The number of halogens is 3. The lowest BCUT2D eigenvalue weighted by Crippen LogP contribution is -2.50. The third-order valence-electron chi connectivity index (χ3n) is 3.94. The standard InChI is InChI=1S/C16H36N.3FH.3H2O/c1-5-9-13-17(14-10-6-2,15-11-7-3)16-12-8-4;;;;;;/h5-16H2,1-4H3;3*1H;3*1H2/q+1;;;;;;. The Morgan fingerprint density at radius 1 is 0.435 bits per heavy atom. The van der Waals surface area contributed by atoms with E-state index in [4.69, 9.17) is 0 Å². The summed E-state index contributed by atoms with van der Waals surface area (Å²) in [6.45, 7) is 15.0. The molecule has 0 saturated carbocycles. The fraction of sp³-hybridized carbons (Fsp3) is 1.00. The molecule has 0 unspecified atom stereocenters. The van der Waals surface area contributed by atoms with Crippen molar-refractivity contribution < 1.29 is 35.0 Å². The van der Waals surface area contributed by atoms with Crippen LogP contribution in [0.4, 0.5) is 14.1 Å². The molecule has 0 amide bonds. The summed E-state index contributed by atoms with van der Waals surface area (Å²) in [6.07, 6.45) is 11.1. The Morgan fingerprint density at radius 2 is 0.609 bits per heavy atom. The van der Waals surface area contributed by atoms with Gasteiger partial charge in [-0.1, -0.05) is 53.4 Å². The fourth-order valence-electron chi connectivity index (χ4n) is 2.64. The summed E-state index contributed by atoms with van der Waals surface area (Å²) in [4.78, 5) is 0. The summed E-state index contributed by atoms with van der Waals surface area (Å²) in [5.74, 6) is 0. The van der Waals surface area contributed by atoms with Crippen LogP contribution in [-0.4, -0.2) is 47.1 Å². The van der Waals surface area contributed by atoms with Crippen molar-refractivity contribution in [2.75, 3.05) is 26.2 Å². The van der Waals surface area contributed by atoms with Gasteiger partial charge < -0.3 is 20.9 Å². The van der Waals surface area contributed by atoms with Crippen molar-refractivity contribution in [3.05, 3.63) is 0 Å². The smallest absolute Gasteiger partial charge is 0.0786 e. The highest BCUT2D eigenvalue weighted by Gasteiger charge is 2.24. The van der Waals surface area contributed by atoms with Crippen molar-refractivity contribution in [1.82, 2.24) is 0 Å². The van der Waals surface area contributed by atoms with Gasteiger partial charge in [0.25, 0.3) is 0 Å². The normalized spacial score (nSPS) is 8.87. The van der Waals surface area contributed by atoms with Crippen molar-refractivity contribution in [3.8, 4) is 0 Å². The average molecular weight is 357 g/mol. The van der Waals surface area contributed by atoms with E-state index in [1.54, 1.807) is 0 Å². The van der Waals surface area contributed by atoms with Gasteiger partial charge >= 0.3 is 0 Å². The molecular formula is C16H45F3NO3+. The second-order valence-corrected chi connectivity index (χ2v) is 5.65. The molecule has 4 nitrogen and oxygen atoms in total. The molecular weight excluding hydrogens is 311 g/mol. The van der Waals surface area contributed by atoms with E-state index in [1.807, 2.05) is 0 Å². The summed E-state index contributed by atoms with van der Waals surface area (Å²) in [7, 11) is 0. The summed E-state index contributed by atoms with van der Waals surface area (Å²) in [5, 5.41) is 0. The van der Waals surface area contributed by atoms with Crippen molar-refractivity contribution in [3.63, 3.8) is 0 Å². The number of hydrogen-bond donors (Lipinski definition) is 0. The van der Waals surface area contributed by atoms with E-state index in [0.717, 1.165) is 0 Å². The van der Waals surface area contributed by atoms with Crippen LogP contribution >= 0.6 is 0 Å². The lowest BCUT2D eigenvalue weighted by molar-refractivity contribution is -0.929. The van der Waals surface area contributed by atoms with E-state index in [2.05, 4.69) is 27.7 Å². The zero-order valence-electron chi connectivity index (χ0n) is 15.7. The molecule has 0 aliphatic carbocycles. The fourth-order valence-corrected chi connectivity index (χ4v) is 2.64. The van der Waals surface area contributed by atoms with Gasteiger partial charge in [0.15, 0.2) is 0 Å². The Hall–Kier alpha value is -0.370. The first kappa shape index (κ1) is 43.3. The van der Waals surface area contributed by atoms with Crippen LogP contribution in [-0.2, 0) is 0 Å². The van der Waals surface area contributed by atoms with Crippen LogP contribution in [0.2, 0.25) is 0 Å². The van der Waals surface area contributed by atoms with Crippen LogP contribution in [0.1, 0.15) is 79.1 Å². The van der Waals surface area contributed by atoms with E-state index in [1.165, 1.54) is 82.0 Å². The van der Waals surface area contributed by atoms with E-state index < -0.39 is 0 Å². The zero-order valence-corrected chi connectivity index (χ0v) is 15.7. The molecule has 0 spiro atoms. The third kappa shape index (κ3) is 21.6. The minimum absolute atomic E-state index is 0. The van der Waals surface area contributed by atoms with Crippen LogP contribution in [0.25, 0.3) is 0 Å². The first-order valence-electron chi connectivity index (χ1n) is 8.09. The zero-order chi connectivity index (χ0) is 13.0. The quantitative estimate of drug-likeness (QED) is 0.481. The van der Waals surface area contributed by atoms with Gasteiger partial charge in [-0.05, 0) is 25.7 Å². The number of rotatable bonds is 12. The van der Waals surface area contributed by atoms with Gasteiger partial charge in [0, 0.05) is 0 Å². The Balaban J connectivity index is -0.0000000853. The monoisotopic (exact) mass is 356 g/mol. The minimum Gasteiger partial charge on any atom is -0.412 e. The number of quaternary nitrogens is 1. The van der Waals surface area contributed by atoms with Crippen LogP contribution in [0.15, 0.2) is 0 Å². The predicted molar refractivity (Wildman–Crippen MR) is 97.7 cm³/mol. The molecule has 23 heavy (non-hydrogen) atoms. The van der Waals surface area contributed by atoms with Gasteiger partial charge in [-0.15, -0.1) is 0 Å². The molecule has 0 bridgehead atoms. The maximum atomic E-state index is 2.33. The van der Waals surface area contributed by atoms with E-state index >= 15 is 0 Å². The van der Waals surface area contributed by atoms with Gasteiger partial charge in [0.05, 0.1) is 26.2 Å². The van der Waals surface area contributed by atoms with Gasteiger partial charge in [-0.3, -0.25) is 14.1 Å². The first-order chi connectivity index (χ1) is 8.24. The predicted octanol–water partition coefficient (Wildman–Crippen LogP) is 2.99.